The average molecular weight is 317 g/mol. The third-order valence-electron chi connectivity index (χ3n) is 4.96. The number of halogens is 1. The van der Waals surface area contributed by atoms with Gasteiger partial charge in [0.15, 0.2) is 0 Å². The molecule has 2 aliphatic rings. The van der Waals surface area contributed by atoms with Gasteiger partial charge in [-0.3, -0.25) is 4.79 Å². The highest BCUT2D eigenvalue weighted by atomic mass is 35.5. The van der Waals surface area contributed by atoms with Crippen LogP contribution in [0.3, 0.4) is 0 Å². The summed E-state index contributed by atoms with van der Waals surface area (Å²) < 4.78 is 1.63. The Kier molecular flexibility index (Phi) is 3.37. The molecule has 1 aromatic heterocycles. The van der Waals surface area contributed by atoms with Gasteiger partial charge < -0.3 is 5.32 Å². The smallest absolute Gasteiger partial charge is 0.227 e. The number of hydrogen-bond donors (Lipinski definition) is 1. The number of carbonyl (C=O) groups excluding carboxylic acids is 1. The van der Waals surface area contributed by atoms with E-state index in [4.69, 9.17) is 11.6 Å². The molecule has 0 spiro atoms. The third-order valence-corrected chi connectivity index (χ3v) is 5.19. The molecule has 1 N–H and O–H groups in total. The van der Waals surface area contributed by atoms with E-state index in [1.54, 1.807) is 23.1 Å². The van der Waals surface area contributed by atoms with Crippen LogP contribution in [0.15, 0.2) is 30.9 Å². The molecule has 1 heterocycles. The van der Waals surface area contributed by atoms with E-state index in [1.165, 1.54) is 25.6 Å². The van der Waals surface area contributed by atoms with E-state index < -0.39 is 0 Å². The predicted octanol–water partition coefficient (Wildman–Crippen LogP) is 3.30. The second-order valence-corrected chi connectivity index (χ2v) is 6.71. The highest BCUT2D eigenvalue weighted by Crippen LogP contribution is 2.48. The molecule has 2 aromatic rings. The van der Waals surface area contributed by atoms with Crippen LogP contribution < -0.4 is 5.32 Å². The molecular weight excluding hydrogens is 300 g/mol. The lowest BCUT2D eigenvalue weighted by molar-refractivity contribution is -0.121. The van der Waals surface area contributed by atoms with Crippen LogP contribution in [0.1, 0.15) is 25.7 Å². The van der Waals surface area contributed by atoms with Gasteiger partial charge in [-0.2, -0.15) is 5.10 Å². The summed E-state index contributed by atoms with van der Waals surface area (Å²) in [6, 6.07) is 5.39. The van der Waals surface area contributed by atoms with Crippen LogP contribution in [0.2, 0.25) is 5.02 Å². The lowest BCUT2D eigenvalue weighted by Crippen LogP contribution is -2.27. The van der Waals surface area contributed by atoms with Gasteiger partial charge >= 0.3 is 0 Å². The van der Waals surface area contributed by atoms with Gasteiger partial charge in [0.1, 0.15) is 12.7 Å². The van der Waals surface area contributed by atoms with Crippen LogP contribution in [0.4, 0.5) is 5.69 Å². The van der Waals surface area contributed by atoms with Crippen LogP contribution in [-0.2, 0) is 4.79 Å². The van der Waals surface area contributed by atoms with Gasteiger partial charge in [-0.1, -0.05) is 18.0 Å². The topological polar surface area (TPSA) is 59.8 Å². The highest BCUT2D eigenvalue weighted by Gasteiger charge is 2.43. The van der Waals surface area contributed by atoms with Gasteiger partial charge in [-0.15, -0.1) is 0 Å². The van der Waals surface area contributed by atoms with Crippen molar-refractivity contribution in [3.05, 3.63) is 35.9 Å². The molecule has 0 radical (unpaired) electrons. The minimum absolute atomic E-state index is 0.107. The Morgan fingerprint density at radius 3 is 2.91 bits per heavy atom. The summed E-state index contributed by atoms with van der Waals surface area (Å²) in [5, 5.41) is 7.78. The van der Waals surface area contributed by atoms with Crippen molar-refractivity contribution in [2.45, 2.75) is 25.7 Å². The van der Waals surface area contributed by atoms with Crippen molar-refractivity contribution < 1.29 is 4.79 Å². The fourth-order valence-electron chi connectivity index (χ4n) is 3.93. The van der Waals surface area contributed by atoms with Gasteiger partial charge in [-0.25, -0.2) is 9.67 Å². The lowest BCUT2D eigenvalue weighted by Gasteiger charge is -2.21. The molecule has 114 valence electrons. The zero-order valence-electron chi connectivity index (χ0n) is 12.1. The monoisotopic (exact) mass is 316 g/mol. The van der Waals surface area contributed by atoms with Gasteiger partial charge in [0.05, 0.1) is 11.4 Å². The van der Waals surface area contributed by atoms with E-state index in [9.17, 15) is 4.79 Å². The molecule has 4 rings (SSSR count). The Labute approximate surface area is 133 Å². The number of nitrogens with one attached hydrogen (secondary N) is 1. The van der Waals surface area contributed by atoms with Crippen LogP contribution in [0.5, 0.6) is 0 Å². The molecule has 5 nitrogen and oxygen atoms in total. The van der Waals surface area contributed by atoms with Gasteiger partial charge in [0.25, 0.3) is 0 Å². The summed E-state index contributed by atoms with van der Waals surface area (Å²) in [5.74, 6) is 1.55. The SMILES string of the molecule is O=C(Nc1cc(Cl)ccc1-n1cncn1)C1CC2CCC1C2. The molecular formula is C16H17ClN4O. The fraction of sp³-hybridized carbons (Fsp3) is 0.438. The molecule has 2 fully saturated rings. The zero-order chi connectivity index (χ0) is 15.1. The maximum absolute atomic E-state index is 12.6. The summed E-state index contributed by atoms with van der Waals surface area (Å²) in [7, 11) is 0. The first kappa shape index (κ1) is 13.8. The van der Waals surface area contributed by atoms with Gasteiger partial charge in [-0.05, 0) is 49.3 Å². The summed E-state index contributed by atoms with van der Waals surface area (Å²) >= 11 is 6.09. The van der Waals surface area contributed by atoms with E-state index in [0.717, 1.165) is 18.0 Å². The lowest BCUT2D eigenvalue weighted by atomic mass is 9.88. The Bertz CT molecular complexity index is 700. The number of amides is 1. The number of fused-ring (bicyclic) bond motifs is 2. The summed E-state index contributed by atoms with van der Waals surface area (Å²) in [5.41, 5.74) is 1.46. The van der Waals surface area contributed by atoms with Crippen molar-refractivity contribution in [2.75, 3.05) is 5.32 Å². The molecule has 3 unspecified atom stereocenters. The van der Waals surface area contributed by atoms with E-state index in [2.05, 4.69) is 15.4 Å². The van der Waals surface area contributed by atoms with Crippen molar-refractivity contribution in [3.63, 3.8) is 0 Å². The quantitative estimate of drug-likeness (QED) is 0.945. The molecule has 1 aromatic carbocycles. The van der Waals surface area contributed by atoms with Crippen LogP contribution in [0.25, 0.3) is 5.69 Å². The summed E-state index contributed by atoms with van der Waals surface area (Å²) in [6.45, 7) is 0. The van der Waals surface area contributed by atoms with Crippen molar-refractivity contribution in [1.29, 1.82) is 0 Å². The highest BCUT2D eigenvalue weighted by molar-refractivity contribution is 6.31. The molecule has 2 bridgehead atoms. The fourth-order valence-corrected chi connectivity index (χ4v) is 4.10. The second kappa shape index (κ2) is 5.39. The number of carbonyl (C=O) groups is 1. The number of aromatic nitrogens is 3. The number of rotatable bonds is 3. The number of nitrogens with zero attached hydrogens (tertiary/aromatic N) is 3. The Balaban J connectivity index is 1.60. The summed E-state index contributed by atoms with van der Waals surface area (Å²) in [6.07, 6.45) is 7.79. The van der Waals surface area contributed by atoms with E-state index >= 15 is 0 Å². The van der Waals surface area contributed by atoms with Crippen molar-refractivity contribution in [2.24, 2.45) is 17.8 Å². The normalized spacial score (nSPS) is 26.3. The molecule has 0 saturated heterocycles. The Morgan fingerprint density at radius 2 is 2.23 bits per heavy atom. The largest absolute Gasteiger partial charge is 0.324 e. The van der Waals surface area contributed by atoms with Gasteiger partial charge in [0.2, 0.25) is 5.91 Å². The molecule has 2 aliphatic carbocycles. The minimum atomic E-state index is 0.107. The number of anilines is 1. The van der Waals surface area contributed by atoms with E-state index in [0.29, 0.717) is 16.6 Å². The van der Waals surface area contributed by atoms with Crippen LogP contribution >= 0.6 is 11.6 Å². The van der Waals surface area contributed by atoms with Crippen LogP contribution in [0, 0.1) is 17.8 Å². The summed E-state index contributed by atoms with van der Waals surface area (Å²) in [4.78, 5) is 16.6. The van der Waals surface area contributed by atoms with Crippen molar-refractivity contribution >= 4 is 23.2 Å². The second-order valence-electron chi connectivity index (χ2n) is 6.27. The first-order valence-corrected chi connectivity index (χ1v) is 8.04. The molecule has 3 atom stereocenters. The van der Waals surface area contributed by atoms with Crippen molar-refractivity contribution in [3.8, 4) is 5.69 Å². The van der Waals surface area contributed by atoms with Gasteiger partial charge in [0, 0.05) is 10.9 Å². The van der Waals surface area contributed by atoms with Crippen molar-refractivity contribution in [1.82, 2.24) is 14.8 Å². The van der Waals surface area contributed by atoms with Crippen LogP contribution in [-0.4, -0.2) is 20.7 Å². The van der Waals surface area contributed by atoms with E-state index in [1.807, 2.05) is 6.07 Å². The maximum Gasteiger partial charge on any atom is 0.227 e. The molecule has 6 heteroatoms. The standard InChI is InChI=1S/C16H17ClN4O/c17-12-3-4-15(21-9-18-8-19-21)14(7-12)20-16(22)13-6-10-1-2-11(13)5-10/h3-4,7-11,13H,1-2,5-6H2,(H,20,22). The first-order chi connectivity index (χ1) is 10.7. The molecule has 1 amide bonds. The Hall–Kier alpha value is -1.88. The maximum atomic E-state index is 12.6. The third kappa shape index (κ3) is 2.39. The predicted molar refractivity (Wildman–Crippen MR) is 83.9 cm³/mol. The Morgan fingerprint density at radius 1 is 1.32 bits per heavy atom. The molecule has 0 aliphatic heterocycles. The molecule has 2 saturated carbocycles. The van der Waals surface area contributed by atoms with E-state index in [-0.39, 0.29) is 11.8 Å². The zero-order valence-corrected chi connectivity index (χ0v) is 12.8. The number of hydrogen-bond acceptors (Lipinski definition) is 3. The molecule has 22 heavy (non-hydrogen) atoms. The number of benzene rings is 1. The average Bonchev–Trinajstić information content (AvgIpc) is 3.25. The first-order valence-electron chi connectivity index (χ1n) is 7.66. The minimum Gasteiger partial charge on any atom is -0.324 e.